The second-order valence-corrected chi connectivity index (χ2v) is 5.25. The van der Waals surface area contributed by atoms with E-state index in [1.165, 1.54) is 5.56 Å². The molecular weight excluding hydrogens is 282 g/mol. The topological polar surface area (TPSA) is 37.8 Å². The number of aromatic nitrogens is 2. The normalized spacial score (nSPS) is 10.7. The van der Waals surface area contributed by atoms with E-state index in [1.807, 2.05) is 42.6 Å². The van der Waals surface area contributed by atoms with Gasteiger partial charge in [-0.1, -0.05) is 30.3 Å². The summed E-state index contributed by atoms with van der Waals surface area (Å²) in [5.74, 6) is 1.30. The van der Waals surface area contributed by atoms with E-state index in [1.54, 1.807) is 0 Å². The highest BCUT2D eigenvalue weighted by molar-refractivity contribution is 6.17. The van der Waals surface area contributed by atoms with Gasteiger partial charge in [-0.15, -0.1) is 11.6 Å². The first-order valence-electron chi connectivity index (χ1n) is 6.99. The number of nitrogens with zero attached hydrogens (tertiary/aromatic N) is 2. The zero-order valence-corrected chi connectivity index (χ0v) is 12.3. The van der Waals surface area contributed by atoms with Gasteiger partial charge in [0.25, 0.3) is 0 Å². The first-order chi connectivity index (χ1) is 10.3. The molecule has 0 radical (unpaired) electrons. The van der Waals surface area contributed by atoms with Crippen LogP contribution in [-0.4, -0.2) is 15.8 Å². The van der Waals surface area contributed by atoms with E-state index in [0.717, 1.165) is 29.4 Å². The summed E-state index contributed by atoms with van der Waals surface area (Å²) in [6.07, 6.45) is 3.80. The average Bonchev–Trinajstić information content (AvgIpc) is 2.53. The fraction of sp³-hybridized carbons (Fsp3) is 0.176. The van der Waals surface area contributed by atoms with Gasteiger partial charge in [0.2, 0.25) is 5.95 Å². The second kappa shape index (κ2) is 6.55. The van der Waals surface area contributed by atoms with Crippen molar-refractivity contribution in [1.82, 2.24) is 9.97 Å². The van der Waals surface area contributed by atoms with Gasteiger partial charge in [-0.3, -0.25) is 0 Å². The van der Waals surface area contributed by atoms with Crippen molar-refractivity contribution in [3.8, 4) is 0 Å². The highest BCUT2D eigenvalue weighted by atomic mass is 35.5. The highest BCUT2D eigenvalue weighted by Crippen LogP contribution is 2.18. The van der Waals surface area contributed by atoms with Gasteiger partial charge in [0.05, 0.1) is 5.52 Å². The van der Waals surface area contributed by atoms with E-state index in [9.17, 15) is 0 Å². The van der Waals surface area contributed by atoms with E-state index >= 15 is 0 Å². The Balaban J connectivity index is 1.81. The van der Waals surface area contributed by atoms with Crippen LogP contribution in [0.3, 0.4) is 0 Å². The number of rotatable bonds is 5. The van der Waals surface area contributed by atoms with E-state index in [2.05, 4.69) is 27.4 Å². The number of hydrogen-bond acceptors (Lipinski definition) is 3. The van der Waals surface area contributed by atoms with Crippen molar-refractivity contribution < 1.29 is 0 Å². The Morgan fingerprint density at radius 1 is 1.05 bits per heavy atom. The van der Waals surface area contributed by atoms with Crippen molar-refractivity contribution in [3.05, 3.63) is 60.3 Å². The lowest BCUT2D eigenvalue weighted by atomic mass is 10.1. The number of para-hydroxylation sites is 1. The smallest absolute Gasteiger partial charge is 0.227 e. The SMILES string of the molecule is ClCCCc1cccc(Nc2ncc3ccccc3n2)c1. The third kappa shape index (κ3) is 3.50. The number of hydrogen-bond donors (Lipinski definition) is 1. The molecule has 2 aromatic carbocycles. The van der Waals surface area contributed by atoms with Gasteiger partial charge in [0.1, 0.15) is 0 Å². The molecule has 21 heavy (non-hydrogen) atoms. The molecule has 0 fully saturated rings. The van der Waals surface area contributed by atoms with Gasteiger partial charge in [-0.05, 0) is 36.6 Å². The number of alkyl halides is 1. The summed E-state index contributed by atoms with van der Waals surface area (Å²) in [6, 6.07) is 16.2. The number of benzene rings is 2. The van der Waals surface area contributed by atoms with Crippen molar-refractivity contribution in [2.45, 2.75) is 12.8 Å². The van der Waals surface area contributed by atoms with Crippen molar-refractivity contribution in [1.29, 1.82) is 0 Å². The molecule has 106 valence electrons. The van der Waals surface area contributed by atoms with Crippen LogP contribution < -0.4 is 5.32 Å². The van der Waals surface area contributed by atoms with Crippen LogP contribution in [0.2, 0.25) is 0 Å². The van der Waals surface area contributed by atoms with Crippen LogP contribution in [0.4, 0.5) is 11.6 Å². The van der Waals surface area contributed by atoms with Crippen molar-refractivity contribution in [2.24, 2.45) is 0 Å². The molecule has 0 unspecified atom stereocenters. The Morgan fingerprint density at radius 3 is 2.86 bits per heavy atom. The van der Waals surface area contributed by atoms with Crippen molar-refractivity contribution in [2.75, 3.05) is 11.2 Å². The lowest BCUT2D eigenvalue weighted by Gasteiger charge is -2.07. The summed E-state index contributed by atoms with van der Waals surface area (Å²) in [5.41, 5.74) is 3.20. The predicted octanol–water partition coefficient (Wildman–Crippen LogP) is 4.54. The van der Waals surface area contributed by atoms with Crippen LogP contribution in [0.5, 0.6) is 0 Å². The van der Waals surface area contributed by atoms with Gasteiger partial charge in [-0.2, -0.15) is 0 Å². The number of fused-ring (bicyclic) bond motifs is 1. The molecule has 0 saturated carbocycles. The molecule has 3 rings (SSSR count). The second-order valence-electron chi connectivity index (χ2n) is 4.87. The fourth-order valence-electron chi connectivity index (χ4n) is 2.24. The maximum absolute atomic E-state index is 5.74. The Hall–Kier alpha value is -2.13. The third-order valence-electron chi connectivity index (χ3n) is 3.27. The number of halogens is 1. The molecule has 1 aromatic heterocycles. The third-order valence-corrected chi connectivity index (χ3v) is 3.54. The number of nitrogens with one attached hydrogen (secondary N) is 1. The Labute approximate surface area is 129 Å². The van der Waals surface area contributed by atoms with Crippen LogP contribution in [0.1, 0.15) is 12.0 Å². The molecule has 0 amide bonds. The molecule has 0 saturated heterocycles. The fourth-order valence-corrected chi connectivity index (χ4v) is 2.37. The molecule has 4 heteroatoms. The Kier molecular flexibility index (Phi) is 4.31. The zero-order valence-electron chi connectivity index (χ0n) is 11.6. The summed E-state index contributed by atoms with van der Waals surface area (Å²) >= 11 is 5.74. The standard InChI is InChI=1S/C17H16ClN3/c18-10-4-6-13-5-3-8-15(11-13)20-17-19-12-14-7-1-2-9-16(14)21-17/h1-3,5,7-9,11-12H,4,6,10H2,(H,19,20,21). The lowest BCUT2D eigenvalue weighted by molar-refractivity contribution is 0.929. The van der Waals surface area contributed by atoms with Gasteiger partial charge >= 0.3 is 0 Å². The van der Waals surface area contributed by atoms with Crippen LogP contribution in [-0.2, 0) is 6.42 Å². The van der Waals surface area contributed by atoms with E-state index in [0.29, 0.717) is 11.8 Å². The quantitative estimate of drug-likeness (QED) is 0.702. The van der Waals surface area contributed by atoms with E-state index in [4.69, 9.17) is 11.6 Å². The molecular formula is C17H16ClN3. The summed E-state index contributed by atoms with van der Waals surface area (Å²) < 4.78 is 0. The molecule has 0 aliphatic rings. The van der Waals surface area contributed by atoms with Crippen molar-refractivity contribution >= 4 is 34.1 Å². The summed E-state index contributed by atoms with van der Waals surface area (Å²) in [7, 11) is 0. The molecule has 3 aromatic rings. The Morgan fingerprint density at radius 2 is 1.95 bits per heavy atom. The summed E-state index contributed by atoms with van der Waals surface area (Å²) in [5, 5.41) is 4.30. The molecule has 0 aliphatic heterocycles. The van der Waals surface area contributed by atoms with Crippen LogP contribution in [0.25, 0.3) is 10.9 Å². The number of anilines is 2. The highest BCUT2D eigenvalue weighted by Gasteiger charge is 2.01. The molecule has 0 atom stereocenters. The maximum Gasteiger partial charge on any atom is 0.227 e. The minimum absolute atomic E-state index is 0.614. The van der Waals surface area contributed by atoms with Crippen LogP contribution in [0, 0.1) is 0 Å². The minimum Gasteiger partial charge on any atom is -0.324 e. The summed E-state index contributed by atoms with van der Waals surface area (Å²) in [4.78, 5) is 8.87. The molecule has 1 N–H and O–H groups in total. The van der Waals surface area contributed by atoms with Crippen LogP contribution in [0.15, 0.2) is 54.7 Å². The monoisotopic (exact) mass is 297 g/mol. The minimum atomic E-state index is 0.614. The first-order valence-corrected chi connectivity index (χ1v) is 7.52. The van der Waals surface area contributed by atoms with Crippen molar-refractivity contribution in [3.63, 3.8) is 0 Å². The van der Waals surface area contributed by atoms with E-state index in [-0.39, 0.29) is 0 Å². The first kappa shape index (κ1) is 13.8. The zero-order chi connectivity index (χ0) is 14.5. The number of aryl methyl sites for hydroxylation is 1. The maximum atomic E-state index is 5.74. The van der Waals surface area contributed by atoms with Gasteiger partial charge in [0, 0.05) is 23.2 Å². The summed E-state index contributed by atoms with van der Waals surface area (Å²) in [6.45, 7) is 0. The van der Waals surface area contributed by atoms with Gasteiger partial charge < -0.3 is 5.32 Å². The van der Waals surface area contributed by atoms with Crippen LogP contribution >= 0.6 is 11.6 Å². The van der Waals surface area contributed by atoms with Gasteiger partial charge in [-0.25, -0.2) is 9.97 Å². The predicted molar refractivity (Wildman–Crippen MR) is 88.3 cm³/mol. The lowest BCUT2D eigenvalue weighted by Crippen LogP contribution is -1.97. The average molecular weight is 298 g/mol. The molecule has 3 nitrogen and oxygen atoms in total. The largest absolute Gasteiger partial charge is 0.324 e. The molecule has 0 aliphatic carbocycles. The Bertz CT molecular complexity index is 743. The van der Waals surface area contributed by atoms with Gasteiger partial charge in [0.15, 0.2) is 0 Å². The molecule has 1 heterocycles. The molecule has 0 spiro atoms. The molecule has 0 bridgehead atoms. The van der Waals surface area contributed by atoms with E-state index < -0.39 is 0 Å².